The monoisotopic (exact) mass is 253 g/mol. The third-order valence-corrected chi connectivity index (χ3v) is 3.70. The van der Waals surface area contributed by atoms with Crippen molar-refractivity contribution in [1.82, 2.24) is 5.32 Å². The predicted molar refractivity (Wildman–Crippen MR) is 82.3 cm³/mol. The van der Waals surface area contributed by atoms with Crippen LogP contribution in [-0.2, 0) is 0 Å². The van der Waals surface area contributed by atoms with Crippen molar-refractivity contribution in [3.05, 3.63) is 70.8 Å². The van der Waals surface area contributed by atoms with Crippen molar-refractivity contribution >= 4 is 0 Å². The van der Waals surface area contributed by atoms with Gasteiger partial charge in [-0.25, -0.2) is 0 Å². The lowest BCUT2D eigenvalue weighted by molar-refractivity contribution is 0.493. The molecule has 2 aromatic carbocycles. The SMILES string of the molecule is Cc1cccc(C(C)N[C@H](C)c2ccccc2C)c1. The number of rotatable bonds is 4. The summed E-state index contributed by atoms with van der Waals surface area (Å²) in [5.74, 6) is 0. The third kappa shape index (κ3) is 3.45. The van der Waals surface area contributed by atoms with E-state index in [1.165, 1.54) is 22.3 Å². The largest absolute Gasteiger partial charge is 0.304 e. The van der Waals surface area contributed by atoms with E-state index in [-0.39, 0.29) is 0 Å². The van der Waals surface area contributed by atoms with Gasteiger partial charge in [-0.15, -0.1) is 0 Å². The molecule has 1 nitrogen and oxygen atoms in total. The molecule has 0 spiro atoms. The molecule has 0 saturated carbocycles. The maximum Gasteiger partial charge on any atom is 0.0300 e. The van der Waals surface area contributed by atoms with Gasteiger partial charge in [-0.3, -0.25) is 0 Å². The van der Waals surface area contributed by atoms with Crippen LogP contribution in [0.3, 0.4) is 0 Å². The number of aryl methyl sites for hydroxylation is 2. The van der Waals surface area contributed by atoms with Crippen molar-refractivity contribution in [2.45, 2.75) is 39.8 Å². The van der Waals surface area contributed by atoms with Crippen LogP contribution in [0.15, 0.2) is 48.5 Å². The first kappa shape index (κ1) is 13.8. The quantitative estimate of drug-likeness (QED) is 0.831. The Kier molecular flexibility index (Phi) is 4.39. The van der Waals surface area contributed by atoms with Crippen LogP contribution in [0.5, 0.6) is 0 Å². The molecule has 0 aliphatic carbocycles. The molecule has 1 unspecified atom stereocenters. The van der Waals surface area contributed by atoms with Crippen molar-refractivity contribution in [3.63, 3.8) is 0 Å². The van der Waals surface area contributed by atoms with Crippen LogP contribution in [0.25, 0.3) is 0 Å². The summed E-state index contributed by atoms with van der Waals surface area (Å²) in [6.45, 7) is 8.77. The van der Waals surface area contributed by atoms with E-state index in [0.29, 0.717) is 12.1 Å². The minimum absolute atomic E-state index is 0.356. The Hall–Kier alpha value is -1.60. The fraction of sp³-hybridized carbons (Fsp3) is 0.333. The van der Waals surface area contributed by atoms with E-state index in [9.17, 15) is 0 Å². The van der Waals surface area contributed by atoms with Crippen LogP contribution >= 0.6 is 0 Å². The Labute approximate surface area is 116 Å². The van der Waals surface area contributed by atoms with E-state index in [2.05, 4.69) is 81.5 Å². The van der Waals surface area contributed by atoms with E-state index < -0.39 is 0 Å². The highest BCUT2D eigenvalue weighted by atomic mass is 14.9. The second-order valence-electron chi connectivity index (χ2n) is 5.38. The Morgan fingerprint density at radius 1 is 0.842 bits per heavy atom. The fourth-order valence-electron chi connectivity index (χ4n) is 2.57. The summed E-state index contributed by atoms with van der Waals surface area (Å²) in [5.41, 5.74) is 5.39. The minimum Gasteiger partial charge on any atom is -0.304 e. The molecule has 0 fully saturated rings. The van der Waals surface area contributed by atoms with Crippen molar-refractivity contribution in [3.8, 4) is 0 Å². The summed E-state index contributed by atoms with van der Waals surface area (Å²) in [6, 6.07) is 18.0. The molecule has 0 bridgehead atoms. The number of benzene rings is 2. The van der Waals surface area contributed by atoms with Gasteiger partial charge in [0.1, 0.15) is 0 Å². The van der Waals surface area contributed by atoms with Gasteiger partial charge < -0.3 is 5.32 Å². The molecule has 19 heavy (non-hydrogen) atoms. The summed E-state index contributed by atoms with van der Waals surface area (Å²) in [4.78, 5) is 0. The second-order valence-corrected chi connectivity index (χ2v) is 5.38. The zero-order valence-corrected chi connectivity index (χ0v) is 12.3. The zero-order valence-electron chi connectivity index (χ0n) is 12.3. The van der Waals surface area contributed by atoms with Crippen molar-refractivity contribution in [1.29, 1.82) is 0 Å². The highest BCUT2D eigenvalue weighted by Gasteiger charge is 2.12. The van der Waals surface area contributed by atoms with Gasteiger partial charge >= 0.3 is 0 Å². The summed E-state index contributed by atoms with van der Waals surface area (Å²) < 4.78 is 0. The van der Waals surface area contributed by atoms with Crippen LogP contribution in [0.2, 0.25) is 0 Å². The van der Waals surface area contributed by atoms with Crippen LogP contribution in [-0.4, -0.2) is 0 Å². The van der Waals surface area contributed by atoms with Crippen LogP contribution in [0.4, 0.5) is 0 Å². The van der Waals surface area contributed by atoms with Gasteiger partial charge in [-0.2, -0.15) is 0 Å². The van der Waals surface area contributed by atoms with Gasteiger partial charge in [0.25, 0.3) is 0 Å². The molecule has 0 heterocycles. The van der Waals surface area contributed by atoms with Gasteiger partial charge in [0.2, 0.25) is 0 Å². The Morgan fingerprint density at radius 2 is 1.58 bits per heavy atom. The van der Waals surface area contributed by atoms with Crippen molar-refractivity contribution < 1.29 is 0 Å². The maximum atomic E-state index is 3.68. The summed E-state index contributed by atoms with van der Waals surface area (Å²) in [7, 11) is 0. The average molecular weight is 253 g/mol. The first-order valence-electron chi connectivity index (χ1n) is 6.96. The first-order chi connectivity index (χ1) is 9.08. The average Bonchev–Trinajstić information content (AvgIpc) is 2.39. The molecule has 0 amide bonds. The van der Waals surface area contributed by atoms with Crippen LogP contribution in [0, 0.1) is 13.8 Å². The molecular weight excluding hydrogens is 230 g/mol. The summed E-state index contributed by atoms with van der Waals surface area (Å²) in [6.07, 6.45) is 0. The highest BCUT2D eigenvalue weighted by Crippen LogP contribution is 2.22. The van der Waals surface area contributed by atoms with Crippen LogP contribution < -0.4 is 5.32 Å². The molecule has 1 N–H and O–H groups in total. The van der Waals surface area contributed by atoms with Crippen LogP contribution in [0.1, 0.15) is 48.2 Å². The van der Waals surface area contributed by atoms with Gasteiger partial charge in [0.05, 0.1) is 0 Å². The predicted octanol–water partition coefficient (Wildman–Crippen LogP) is 4.72. The number of hydrogen-bond donors (Lipinski definition) is 1. The van der Waals surface area contributed by atoms with Gasteiger partial charge in [0, 0.05) is 12.1 Å². The molecule has 1 heteroatoms. The first-order valence-corrected chi connectivity index (χ1v) is 6.96. The maximum absolute atomic E-state index is 3.68. The van der Waals surface area contributed by atoms with E-state index in [1.807, 2.05) is 0 Å². The normalized spacial score (nSPS) is 14.1. The zero-order chi connectivity index (χ0) is 13.8. The lowest BCUT2D eigenvalue weighted by Crippen LogP contribution is -2.23. The molecular formula is C18H23N. The standard InChI is InChI=1S/C18H23N/c1-13-8-7-10-17(12-13)15(3)19-16(4)18-11-6-5-9-14(18)2/h5-12,15-16,19H,1-4H3/t15?,16-/m1/s1. The number of hydrogen-bond acceptors (Lipinski definition) is 1. The smallest absolute Gasteiger partial charge is 0.0300 e. The van der Waals surface area contributed by atoms with Crippen molar-refractivity contribution in [2.24, 2.45) is 0 Å². The Bertz CT molecular complexity index is 545. The molecule has 0 saturated heterocycles. The minimum atomic E-state index is 0.356. The molecule has 0 aromatic heterocycles. The van der Waals surface area contributed by atoms with E-state index >= 15 is 0 Å². The molecule has 2 atom stereocenters. The summed E-state index contributed by atoms with van der Waals surface area (Å²) in [5, 5.41) is 3.68. The fourth-order valence-corrected chi connectivity index (χ4v) is 2.57. The van der Waals surface area contributed by atoms with E-state index in [1.54, 1.807) is 0 Å². The Balaban J connectivity index is 2.11. The lowest BCUT2D eigenvalue weighted by Gasteiger charge is -2.22. The van der Waals surface area contributed by atoms with Gasteiger partial charge in [-0.05, 0) is 44.4 Å². The third-order valence-electron chi connectivity index (χ3n) is 3.70. The molecule has 2 rings (SSSR count). The van der Waals surface area contributed by atoms with E-state index in [4.69, 9.17) is 0 Å². The molecule has 0 aliphatic heterocycles. The topological polar surface area (TPSA) is 12.0 Å². The lowest BCUT2D eigenvalue weighted by atomic mass is 10.00. The Morgan fingerprint density at radius 3 is 2.26 bits per heavy atom. The second kappa shape index (κ2) is 6.03. The summed E-state index contributed by atoms with van der Waals surface area (Å²) >= 11 is 0. The molecule has 100 valence electrons. The van der Waals surface area contributed by atoms with Gasteiger partial charge in [0.15, 0.2) is 0 Å². The molecule has 0 radical (unpaired) electrons. The van der Waals surface area contributed by atoms with Crippen molar-refractivity contribution in [2.75, 3.05) is 0 Å². The van der Waals surface area contributed by atoms with Gasteiger partial charge in [-0.1, -0.05) is 54.1 Å². The highest BCUT2D eigenvalue weighted by molar-refractivity contribution is 5.29. The molecule has 0 aliphatic rings. The van der Waals surface area contributed by atoms with E-state index in [0.717, 1.165) is 0 Å². The number of nitrogens with one attached hydrogen (secondary N) is 1. The molecule has 2 aromatic rings.